The van der Waals surface area contributed by atoms with Gasteiger partial charge in [0, 0.05) is 18.2 Å². The second kappa shape index (κ2) is 11.3. The Morgan fingerprint density at radius 2 is 1.71 bits per heavy atom. The minimum Gasteiger partial charge on any atom is -0.492 e. The van der Waals surface area contributed by atoms with Crippen LogP contribution in [0.3, 0.4) is 0 Å². The van der Waals surface area contributed by atoms with Crippen molar-refractivity contribution in [1.29, 1.82) is 0 Å². The number of hydrogen-bond acceptors (Lipinski definition) is 3. The first-order chi connectivity index (χ1) is 10.3. The number of rotatable bonds is 12. The third-order valence-electron chi connectivity index (χ3n) is 3.52. The molecule has 0 aromatic carbocycles. The number of carbonyl (C=O) groups excluding carboxylic acids is 1. The smallest absolute Gasteiger partial charge is 0.164 e. The Bertz CT molecular complexity index is 404. The van der Waals surface area contributed by atoms with Gasteiger partial charge in [0.15, 0.2) is 5.78 Å². The second-order valence-electron chi connectivity index (χ2n) is 5.55. The minimum absolute atomic E-state index is 0.179. The Kier molecular flexibility index (Phi) is 9.51. The van der Waals surface area contributed by atoms with Gasteiger partial charge in [0.05, 0.1) is 12.8 Å². The summed E-state index contributed by atoms with van der Waals surface area (Å²) in [5.41, 5.74) is 0.676. The Morgan fingerprint density at radius 1 is 1.00 bits per heavy atom. The SMILES string of the molecule is CCCCCCCCCC(=O)c1cncc(OCCC)c1. The maximum absolute atomic E-state index is 12.1. The zero-order valence-corrected chi connectivity index (χ0v) is 13.6. The summed E-state index contributed by atoms with van der Waals surface area (Å²) in [7, 11) is 0. The highest BCUT2D eigenvalue weighted by Crippen LogP contribution is 2.15. The Morgan fingerprint density at radius 3 is 2.43 bits per heavy atom. The summed E-state index contributed by atoms with van der Waals surface area (Å²) in [5, 5.41) is 0. The standard InChI is InChI=1S/C18H29NO2/c1-3-5-6-7-8-9-10-11-18(20)16-13-17(15-19-14-16)21-12-4-2/h13-15H,3-12H2,1-2H3. The summed E-state index contributed by atoms with van der Waals surface area (Å²) >= 11 is 0. The highest BCUT2D eigenvalue weighted by Gasteiger charge is 2.07. The number of nitrogens with zero attached hydrogens (tertiary/aromatic N) is 1. The molecule has 1 heterocycles. The summed E-state index contributed by atoms with van der Waals surface area (Å²) in [6.07, 6.45) is 13.5. The van der Waals surface area contributed by atoms with E-state index in [9.17, 15) is 4.79 Å². The lowest BCUT2D eigenvalue weighted by molar-refractivity contribution is 0.0978. The van der Waals surface area contributed by atoms with Crippen LogP contribution in [0.5, 0.6) is 5.75 Å². The molecule has 118 valence electrons. The van der Waals surface area contributed by atoms with Gasteiger partial charge in [0.2, 0.25) is 0 Å². The number of Topliss-reactive ketones (excluding diaryl/α,β-unsaturated/α-hetero) is 1. The highest BCUT2D eigenvalue weighted by molar-refractivity contribution is 5.96. The van der Waals surface area contributed by atoms with E-state index in [0.29, 0.717) is 24.3 Å². The van der Waals surface area contributed by atoms with Gasteiger partial charge >= 0.3 is 0 Å². The Balaban J connectivity index is 2.25. The van der Waals surface area contributed by atoms with E-state index in [1.54, 1.807) is 12.4 Å². The van der Waals surface area contributed by atoms with Crippen LogP contribution in [0.15, 0.2) is 18.5 Å². The number of unbranched alkanes of at least 4 members (excludes halogenated alkanes) is 6. The third-order valence-corrected chi connectivity index (χ3v) is 3.52. The van der Waals surface area contributed by atoms with E-state index < -0.39 is 0 Å². The van der Waals surface area contributed by atoms with E-state index in [1.165, 1.54) is 32.1 Å². The van der Waals surface area contributed by atoms with Crippen LogP contribution in [-0.4, -0.2) is 17.4 Å². The van der Waals surface area contributed by atoms with E-state index in [-0.39, 0.29) is 5.78 Å². The quantitative estimate of drug-likeness (QED) is 0.393. The fourth-order valence-electron chi connectivity index (χ4n) is 2.26. The molecule has 0 aliphatic carbocycles. The minimum atomic E-state index is 0.179. The maximum atomic E-state index is 12.1. The molecule has 0 radical (unpaired) electrons. The van der Waals surface area contributed by atoms with Crippen LogP contribution in [0.1, 0.15) is 82.0 Å². The highest BCUT2D eigenvalue weighted by atomic mass is 16.5. The van der Waals surface area contributed by atoms with Crippen molar-refractivity contribution in [2.75, 3.05) is 6.61 Å². The number of ether oxygens (including phenoxy) is 1. The first-order valence-corrected chi connectivity index (χ1v) is 8.39. The van der Waals surface area contributed by atoms with Crippen molar-refractivity contribution < 1.29 is 9.53 Å². The van der Waals surface area contributed by atoms with Crippen molar-refractivity contribution in [2.24, 2.45) is 0 Å². The molecule has 0 bridgehead atoms. The molecule has 0 fully saturated rings. The van der Waals surface area contributed by atoms with Gasteiger partial charge in [0.1, 0.15) is 5.75 Å². The molecule has 3 heteroatoms. The third kappa shape index (κ3) is 7.84. The van der Waals surface area contributed by atoms with Crippen molar-refractivity contribution in [2.45, 2.75) is 71.6 Å². The molecule has 0 aliphatic heterocycles. The van der Waals surface area contributed by atoms with Gasteiger partial charge in [-0.15, -0.1) is 0 Å². The molecule has 0 N–H and O–H groups in total. The first kappa shape index (κ1) is 17.7. The number of carbonyl (C=O) groups is 1. The lowest BCUT2D eigenvalue weighted by Crippen LogP contribution is -2.02. The van der Waals surface area contributed by atoms with Crippen LogP contribution >= 0.6 is 0 Å². The van der Waals surface area contributed by atoms with Crippen molar-refractivity contribution in [3.8, 4) is 5.75 Å². The van der Waals surface area contributed by atoms with Crippen molar-refractivity contribution in [3.05, 3.63) is 24.0 Å². The van der Waals surface area contributed by atoms with Crippen LogP contribution in [0.25, 0.3) is 0 Å². The zero-order chi connectivity index (χ0) is 15.3. The summed E-state index contributed by atoms with van der Waals surface area (Å²) in [4.78, 5) is 16.2. The molecule has 0 spiro atoms. The molecular weight excluding hydrogens is 262 g/mol. The van der Waals surface area contributed by atoms with E-state index in [2.05, 4.69) is 18.8 Å². The van der Waals surface area contributed by atoms with Crippen LogP contribution in [-0.2, 0) is 0 Å². The van der Waals surface area contributed by atoms with Crippen molar-refractivity contribution >= 4 is 5.78 Å². The largest absolute Gasteiger partial charge is 0.492 e. The fraction of sp³-hybridized carbons (Fsp3) is 0.667. The molecule has 1 rings (SSSR count). The van der Waals surface area contributed by atoms with Crippen molar-refractivity contribution in [3.63, 3.8) is 0 Å². The molecule has 0 saturated heterocycles. The monoisotopic (exact) mass is 291 g/mol. The molecule has 0 aliphatic rings. The van der Waals surface area contributed by atoms with E-state index >= 15 is 0 Å². The number of pyridine rings is 1. The summed E-state index contributed by atoms with van der Waals surface area (Å²) in [6, 6.07) is 1.81. The number of hydrogen-bond donors (Lipinski definition) is 0. The van der Waals surface area contributed by atoms with E-state index in [1.807, 2.05) is 6.07 Å². The normalized spacial score (nSPS) is 10.6. The molecule has 0 amide bonds. The van der Waals surface area contributed by atoms with Gasteiger partial charge in [-0.1, -0.05) is 52.4 Å². The second-order valence-corrected chi connectivity index (χ2v) is 5.55. The van der Waals surface area contributed by atoms with E-state index in [0.717, 1.165) is 19.3 Å². The van der Waals surface area contributed by atoms with Gasteiger partial charge in [-0.3, -0.25) is 9.78 Å². The summed E-state index contributed by atoms with van der Waals surface area (Å²) in [6.45, 7) is 4.95. The fourth-order valence-corrected chi connectivity index (χ4v) is 2.26. The lowest BCUT2D eigenvalue weighted by Gasteiger charge is -2.06. The topological polar surface area (TPSA) is 39.2 Å². The first-order valence-electron chi connectivity index (χ1n) is 8.39. The molecular formula is C18H29NO2. The average molecular weight is 291 g/mol. The van der Waals surface area contributed by atoms with Gasteiger partial charge < -0.3 is 4.74 Å². The maximum Gasteiger partial charge on any atom is 0.164 e. The number of ketones is 1. The summed E-state index contributed by atoms with van der Waals surface area (Å²) < 4.78 is 5.51. The van der Waals surface area contributed by atoms with E-state index in [4.69, 9.17) is 4.74 Å². The molecule has 21 heavy (non-hydrogen) atoms. The Labute approximate surface area is 129 Å². The summed E-state index contributed by atoms with van der Waals surface area (Å²) in [5.74, 6) is 0.875. The van der Waals surface area contributed by atoms with Crippen molar-refractivity contribution in [1.82, 2.24) is 4.98 Å². The van der Waals surface area contributed by atoms with Gasteiger partial charge in [-0.25, -0.2) is 0 Å². The average Bonchev–Trinajstić information content (AvgIpc) is 2.52. The van der Waals surface area contributed by atoms with Crippen LogP contribution in [0, 0.1) is 0 Å². The van der Waals surface area contributed by atoms with Crippen LogP contribution in [0.2, 0.25) is 0 Å². The predicted octanol–water partition coefficient (Wildman–Crippen LogP) is 5.19. The lowest BCUT2D eigenvalue weighted by atomic mass is 10.0. The zero-order valence-electron chi connectivity index (χ0n) is 13.6. The van der Waals surface area contributed by atoms with Gasteiger partial charge in [0.25, 0.3) is 0 Å². The number of aromatic nitrogens is 1. The molecule has 1 aromatic rings. The molecule has 1 aromatic heterocycles. The predicted molar refractivity (Wildman–Crippen MR) is 87.0 cm³/mol. The van der Waals surface area contributed by atoms with Gasteiger partial charge in [-0.05, 0) is 18.9 Å². The van der Waals surface area contributed by atoms with Crippen LogP contribution in [0.4, 0.5) is 0 Å². The molecule has 0 saturated carbocycles. The van der Waals surface area contributed by atoms with Gasteiger partial charge in [-0.2, -0.15) is 0 Å². The molecule has 0 unspecified atom stereocenters. The Hall–Kier alpha value is -1.38. The van der Waals surface area contributed by atoms with Crippen LogP contribution < -0.4 is 4.74 Å². The molecule has 0 atom stereocenters. The molecule has 3 nitrogen and oxygen atoms in total.